The van der Waals surface area contributed by atoms with Crippen molar-refractivity contribution in [3.8, 4) is 16.9 Å². The first-order chi connectivity index (χ1) is 14.5. The van der Waals surface area contributed by atoms with E-state index in [1.807, 2.05) is 24.3 Å². The van der Waals surface area contributed by atoms with Crippen molar-refractivity contribution in [2.75, 3.05) is 6.61 Å². The van der Waals surface area contributed by atoms with E-state index in [0.29, 0.717) is 34.4 Å². The van der Waals surface area contributed by atoms with Gasteiger partial charge in [0.2, 0.25) is 0 Å². The molecular formula is C24H17F2NO3. The van der Waals surface area contributed by atoms with Crippen molar-refractivity contribution in [1.82, 2.24) is 4.98 Å². The summed E-state index contributed by atoms with van der Waals surface area (Å²) in [5.41, 5.74) is 2.70. The molecule has 150 valence electrons. The van der Waals surface area contributed by atoms with Crippen LogP contribution in [-0.4, -0.2) is 22.7 Å². The summed E-state index contributed by atoms with van der Waals surface area (Å²) in [5.74, 6) is -0.454. The summed E-state index contributed by atoms with van der Waals surface area (Å²) in [6, 6.07) is 14.1. The lowest BCUT2D eigenvalue weighted by atomic mass is 9.86. The number of carboxylic acids is 1. The van der Waals surface area contributed by atoms with Crippen LogP contribution in [0.3, 0.4) is 0 Å². The second kappa shape index (κ2) is 7.06. The molecule has 1 aliphatic heterocycles. The van der Waals surface area contributed by atoms with Gasteiger partial charge in [-0.3, -0.25) is 9.78 Å². The molecule has 30 heavy (non-hydrogen) atoms. The summed E-state index contributed by atoms with van der Waals surface area (Å²) in [4.78, 5) is 16.2. The van der Waals surface area contributed by atoms with Gasteiger partial charge in [-0.2, -0.15) is 0 Å². The van der Waals surface area contributed by atoms with Crippen molar-refractivity contribution in [3.05, 3.63) is 71.4 Å². The molecule has 0 atom stereocenters. The molecule has 1 N–H and O–H groups in total. The molecule has 0 fully saturated rings. The van der Waals surface area contributed by atoms with Gasteiger partial charge < -0.3 is 9.84 Å². The number of hydrogen-bond acceptors (Lipinski definition) is 3. The van der Waals surface area contributed by atoms with Crippen LogP contribution in [0.5, 0.6) is 5.75 Å². The predicted octanol–water partition coefficient (Wildman–Crippen LogP) is 5.55. The number of carboxylic acid groups (broad SMARTS) is 1. The van der Waals surface area contributed by atoms with Gasteiger partial charge in [0, 0.05) is 29.1 Å². The molecule has 0 bridgehead atoms. The number of halogens is 2. The number of nitrogens with zero attached hydrogens (tertiary/aromatic N) is 1. The van der Waals surface area contributed by atoms with Crippen LogP contribution in [0.25, 0.3) is 32.8 Å². The third-order valence-electron chi connectivity index (χ3n) is 5.59. The molecule has 4 nitrogen and oxygen atoms in total. The molecule has 3 aromatic carbocycles. The third kappa shape index (κ3) is 2.87. The number of alkyl halides is 2. The van der Waals surface area contributed by atoms with Crippen molar-refractivity contribution < 1.29 is 23.4 Å². The standard InChI is InChI=1S/C24H17F2NO3/c25-24(26)18-11-14-3-1-2-4-15(14)22(17(18)12-20(28)29)16-5-6-19-21-13(8-10-30-19)7-9-27-23(16)21/h1-7,9,11,24H,8,10,12H2,(H,28,29). The maximum Gasteiger partial charge on any atom is 0.307 e. The lowest BCUT2D eigenvalue weighted by Gasteiger charge is -2.22. The Hall–Kier alpha value is -3.54. The second-order valence-corrected chi connectivity index (χ2v) is 7.32. The van der Waals surface area contributed by atoms with Crippen LogP contribution < -0.4 is 4.74 Å². The Morgan fingerprint density at radius 3 is 2.80 bits per heavy atom. The minimum Gasteiger partial charge on any atom is -0.493 e. The Bertz CT molecular complexity index is 1310. The number of carbonyl (C=O) groups is 1. The topological polar surface area (TPSA) is 59.4 Å². The Morgan fingerprint density at radius 2 is 2.00 bits per heavy atom. The first kappa shape index (κ1) is 18.5. The molecule has 0 saturated carbocycles. The predicted molar refractivity (Wildman–Crippen MR) is 110 cm³/mol. The number of aliphatic carboxylic acids is 1. The largest absolute Gasteiger partial charge is 0.493 e. The van der Waals surface area contributed by atoms with E-state index in [0.717, 1.165) is 22.8 Å². The molecular weight excluding hydrogens is 388 g/mol. The third-order valence-corrected chi connectivity index (χ3v) is 5.59. The number of benzene rings is 3. The summed E-state index contributed by atoms with van der Waals surface area (Å²) >= 11 is 0. The molecule has 5 rings (SSSR count). The number of rotatable bonds is 4. The first-order valence-electron chi connectivity index (χ1n) is 9.63. The average Bonchev–Trinajstić information content (AvgIpc) is 2.74. The smallest absolute Gasteiger partial charge is 0.307 e. The Labute approximate surface area is 170 Å². The van der Waals surface area contributed by atoms with E-state index in [2.05, 4.69) is 4.98 Å². The summed E-state index contributed by atoms with van der Waals surface area (Å²) in [7, 11) is 0. The van der Waals surface area contributed by atoms with Gasteiger partial charge in [-0.05, 0) is 51.7 Å². The summed E-state index contributed by atoms with van der Waals surface area (Å²) < 4.78 is 33.7. The van der Waals surface area contributed by atoms with Crippen molar-refractivity contribution >= 4 is 27.6 Å². The number of fused-ring (bicyclic) bond motifs is 1. The molecule has 6 heteroatoms. The number of aromatic nitrogens is 1. The minimum absolute atomic E-state index is 0.121. The lowest BCUT2D eigenvalue weighted by Crippen LogP contribution is -2.10. The van der Waals surface area contributed by atoms with Crippen molar-refractivity contribution in [3.63, 3.8) is 0 Å². The first-order valence-corrected chi connectivity index (χ1v) is 9.63. The van der Waals surface area contributed by atoms with Crippen molar-refractivity contribution in [2.24, 2.45) is 0 Å². The van der Waals surface area contributed by atoms with E-state index >= 15 is 0 Å². The molecule has 0 spiro atoms. The monoisotopic (exact) mass is 405 g/mol. The van der Waals surface area contributed by atoms with Crippen LogP contribution in [0, 0.1) is 0 Å². The van der Waals surface area contributed by atoms with Crippen LogP contribution in [0.4, 0.5) is 8.78 Å². The highest BCUT2D eigenvalue weighted by Crippen LogP contribution is 2.43. The Kier molecular flexibility index (Phi) is 4.35. The fourth-order valence-electron chi connectivity index (χ4n) is 4.36. The van der Waals surface area contributed by atoms with Crippen LogP contribution in [0.15, 0.2) is 54.7 Å². The normalized spacial score (nSPS) is 13.0. The van der Waals surface area contributed by atoms with Gasteiger partial charge in [-0.25, -0.2) is 8.78 Å². The minimum atomic E-state index is -2.79. The summed E-state index contributed by atoms with van der Waals surface area (Å²) in [5, 5.41) is 11.7. The van der Waals surface area contributed by atoms with Gasteiger partial charge in [-0.15, -0.1) is 0 Å². The second-order valence-electron chi connectivity index (χ2n) is 7.32. The molecule has 0 saturated heterocycles. The van der Waals surface area contributed by atoms with E-state index < -0.39 is 18.8 Å². The number of ether oxygens (including phenoxy) is 1. The number of pyridine rings is 1. The molecule has 0 amide bonds. The molecule has 1 aromatic heterocycles. The van der Waals surface area contributed by atoms with Gasteiger partial charge in [-0.1, -0.05) is 24.3 Å². The maximum atomic E-state index is 14.0. The van der Waals surface area contributed by atoms with E-state index in [-0.39, 0.29) is 11.1 Å². The van der Waals surface area contributed by atoms with Gasteiger partial charge in [0.25, 0.3) is 6.43 Å². The fourth-order valence-corrected chi connectivity index (χ4v) is 4.36. The zero-order valence-electron chi connectivity index (χ0n) is 15.9. The van der Waals surface area contributed by atoms with Crippen LogP contribution in [-0.2, 0) is 17.6 Å². The lowest BCUT2D eigenvalue weighted by molar-refractivity contribution is -0.136. The van der Waals surface area contributed by atoms with E-state index in [1.165, 1.54) is 6.07 Å². The summed E-state index contributed by atoms with van der Waals surface area (Å²) in [6.07, 6.45) is -0.861. The van der Waals surface area contributed by atoms with Gasteiger partial charge in [0.15, 0.2) is 0 Å². The zero-order chi connectivity index (χ0) is 20.8. The molecule has 0 radical (unpaired) electrons. The fraction of sp³-hybridized carbons (Fsp3) is 0.167. The molecule has 0 unspecified atom stereocenters. The molecule has 2 heterocycles. The van der Waals surface area contributed by atoms with Gasteiger partial charge in [0.1, 0.15) is 5.75 Å². The average molecular weight is 405 g/mol. The van der Waals surface area contributed by atoms with Crippen LogP contribution in [0.2, 0.25) is 0 Å². The zero-order valence-corrected chi connectivity index (χ0v) is 15.9. The van der Waals surface area contributed by atoms with Gasteiger partial charge in [0.05, 0.1) is 18.5 Å². The SMILES string of the molecule is O=C(O)Cc1c(C(F)F)cc2ccccc2c1-c1ccc2c3c(ccnc13)CCO2. The highest BCUT2D eigenvalue weighted by molar-refractivity contribution is 6.08. The maximum absolute atomic E-state index is 14.0. The Morgan fingerprint density at radius 1 is 1.17 bits per heavy atom. The molecule has 1 aliphatic rings. The van der Waals surface area contributed by atoms with E-state index in [9.17, 15) is 18.7 Å². The summed E-state index contributed by atoms with van der Waals surface area (Å²) in [6.45, 7) is 0.569. The quantitative estimate of drug-likeness (QED) is 0.483. The highest BCUT2D eigenvalue weighted by atomic mass is 19.3. The van der Waals surface area contributed by atoms with Crippen molar-refractivity contribution in [1.29, 1.82) is 0 Å². The van der Waals surface area contributed by atoms with Crippen LogP contribution >= 0.6 is 0 Å². The molecule has 4 aromatic rings. The highest BCUT2D eigenvalue weighted by Gasteiger charge is 2.25. The van der Waals surface area contributed by atoms with E-state index in [1.54, 1.807) is 24.4 Å². The van der Waals surface area contributed by atoms with E-state index in [4.69, 9.17) is 4.74 Å². The van der Waals surface area contributed by atoms with Crippen molar-refractivity contribution in [2.45, 2.75) is 19.3 Å². The van der Waals surface area contributed by atoms with Gasteiger partial charge >= 0.3 is 5.97 Å². The Balaban J connectivity index is 1.94. The molecule has 0 aliphatic carbocycles. The van der Waals surface area contributed by atoms with Crippen LogP contribution in [0.1, 0.15) is 23.1 Å². The number of hydrogen-bond donors (Lipinski definition) is 1.